The van der Waals surface area contributed by atoms with Gasteiger partial charge >= 0.3 is 0 Å². The van der Waals surface area contributed by atoms with E-state index in [4.69, 9.17) is 0 Å². The lowest BCUT2D eigenvalue weighted by molar-refractivity contribution is 0.890. The Morgan fingerprint density at radius 2 is 1.62 bits per heavy atom. The first kappa shape index (κ1) is 12.5. The van der Waals surface area contributed by atoms with Crippen LogP contribution >= 0.6 is 0 Å². The lowest BCUT2D eigenvalue weighted by Crippen LogP contribution is -1.78. The largest absolute Gasteiger partial charge is 0.0843 e. The average molecular weight is 180 g/mol. The number of unbranched alkanes of at least 4 members (excludes halogenated alkanes) is 2. The predicted molar refractivity (Wildman–Crippen MR) is 61.9 cm³/mol. The van der Waals surface area contributed by atoms with Crippen LogP contribution in [0.5, 0.6) is 0 Å². The molecule has 0 rings (SSSR count). The highest BCUT2D eigenvalue weighted by Gasteiger charge is 1.89. The minimum Gasteiger partial charge on any atom is -0.0843 e. The van der Waals surface area contributed by atoms with Crippen molar-refractivity contribution in [2.24, 2.45) is 0 Å². The molecule has 0 aromatic carbocycles. The lowest BCUT2D eigenvalue weighted by atomic mass is 10.1. The molecular formula is C13H24. The molecule has 0 unspecified atom stereocenters. The number of hydrogen-bond acceptors (Lipinski definition) is 0. The molecule has 0 aliphatic rings. The maximum Gasteiger partial charge on any atom is -0.0285 e. The van der Waals surface area contributed by atoms with Gasteiger partial charge in [0, 0.05) is 0 Å². The summed E-state index contributed by atoms with van der Waals surface area (Å²) in [7, 11) is 0. The Balaban J connectivity index is 3.92. The van der Waals surface area contributed by atoms with Gasteiger partial charge < -0.3 is 0 Å². The van der Waals surface area contributed by atoms with Gasteiger partial charge in [-0.1, -0.05) is 63.8 Å². The van der Waals surface area contributed by atoms with E-state index in [-0.39, 0.29) is 0 Å². The molecule has 0 amide bonds. The molecule has 0 radical (unpaired) electrons. The molecule has 0 aromatic heterocycles. The van der Waals surface area contributed by atoms with Gasteiger partial charge in [-0.05, 0) is 19.3 Å². The Bertz CT molecular complexity index is 151. The molecule has 0 spiro atoms. The molecule has 0 N–H and O–H groups in total. The Morgan fingerprint density at radius 3 is 2.15 bits per heavy atom. The van der Waals surface area contributed by atoms with Crippen molar-refractivity contribution < 1.29 is 0 Å². The van der Waals surface area contributed by atoms with Crippen molar-refractivity contribution >= 4 is 0 Å². The first-order valence-corrected chi connectivity index (χ1v) is 5.70. The Kier molecular flexibility index (Phi) is 9.18. The Morgan fingerprint density at radius 1 is 0.923 bits per heavy atom. The van der Waals surface area contributed by atoms with Crippen molar-refractivity contribution in [3.63, 3.8) is 0 Å². The minimum absolute atomic E-state index is 1.22. The maximum absolute atomic E-state index is 2.38. The van der Waals surface area contributed by atoms with E-state index < -0.39 is 0 Å². The molecule has 0 nitrogen and oxygen atoms in total. The molecule has 0 saturated heterocycles. The van der Waals surface area contributed by atoms with E-state index in [2.05, 4.69) is 39.0 Å². The zero-order valence-corrected chi connectivity index (χ0v) is 9.47. The van der Waals surface area contributed by atoms with Crippen LogP contribution in [-0.4, -0.2) is 0 Å². The van der Waals surface area contributed by atoms with Crippen LogP contribution in [-0.2, 0) is 0 Å². The van der Waals surface area contributed by atoms with Crippen molar-refractivity contribution in [2.45, 2.75) is 59.3 Å². The highest BCUT2D eigenvalue weighted by atomic mass is 14.0. The summed E-state index contributed by atoms with van der Waals surface area (Å²) in [5.41, 5.74) is 1.53. The van der Waals surface area contributed by atoms with Crippen LogP contribution in [0.15, 0.2) is 23.8 Å². The molecule has 0 aromatic rings. The van der Waals surface area contributed by atoms with E-state index in [0.717, 1.165) is 0 Å². The van der Waals surface area contributed by atoms with Crippen LogP contribution in [0.25, 0.3) is 0 Å². The molecule has 0 aliphatic carbocycles. The fourth-order valence-corrected chi connectivity index (χ4v) is 1.27. The van der Waals surface area contributed by atoms with Gasteiger partial charge in [-0.3, -0.25) is 0 Å². The standard InChI is InChI=1S/C13H24/c1-4-7-9-12-13(10-6-3)11-8-5-2/h9,11-12H,4-8,10H2,1-3H3. The van der Waals surface area contributed by atoms with E-state index >= 15 is 0 Å². The lowest BCUT2D eigenvalue weighted by Gasteiger charge is -1.99. The van der Waals surface area contributed by atoms with Gasteiger partial charge in [0.2, 0.25) is 0 Å². The topological polar surface area (TPSA) is 0 Å². The second kappa shape index (κ2) is 9.57. The number of rotatable bonds is 7. The molecular weight excluding hydrogens is 156 g/mol. The first-order chi connectivity index (χ1) is 6.35. The number of allylic oxidation sites excluding steroid dienone is 4. The van der Waals surface area contributed by atoms with Gasteiger partial charge in [0.05, 0.1) is 0 Å². The molecule has 0 atom stereocenters. The van der Waals surface area contributed by atoms with Crippen LogP contribution in [0.4, 0.5) is 0 Å². The molecule has 0 bridgehead atoms. The molecule has 13 heavy (non-hydrogen) atoms. The van der Waals surface area contributed by atoms with Crippen molar-refractivity contribution in [3.05, 3.63) is 23.8 Å². The van der Waals surface area contributed by atoms with Gasteiger partial charge in [-0.2, -0.15) is 0 Å². The van der Waals surface area contributed by atoms with Crippen molar-refractivity contribution in [2.75, 3.05) is 0 Å². The molecule has 76 valence electrons. The third-order valence-corrected chi connectivity index (χ3v) is 2.02. The van der Waals surface area contributed by atoms with Crippen LogP contribution < -0.4 is 0 Å². The summed E-state index contributed by atoms with van der Waals surface area (Å²) >= 11 is 0. The fraction of sp³-hybridized carbons (Fsp3) is 0.692. The summed E-state index contributed by atoms with van der Waals surface area (Å²) in [6, 6.07) is 0. The summed E-state index contributed by atoms with van der Waals surface area (Å²) in [4.78, 5) is 0. The first-order valence-electron chi connectivity index (χ1n) is 5.70. The van der Waals surface area contributed by atoms with Crippen LogP contribution in [0.2, 0.25) is 0 Å². The van der Waals surface area contributed by atoms with Crippen LogP contribution in [0.1, 0.15) is 59.3 Å². The van der Waals surface area contributed by atoms with Crippen molar-refractivity contribution in [1.82, 2.24) is 0 Å². The minimum atomic E-state index is 1.22. The van der Waals surface area contributed by atoms with Crippen LogP contribution in [0.3, 0.4) is 0 Å². The van der Waals surface area contributed by atoms with E-state index in [0.29, 0.717) is 0 Å². The van der Waals surface area contributed by atoms with E-state index in [1.54, 1.807) is 0 Å². The summed E-state index contributed by atoms with van der Waals surface area (Å²) in [5.74, 6) is 0. The summed E-state index contributed by atoms with van der Waals surface area (Å²) in [5, 5.41) is 0. The van der Waals surface area contributed by atoms with Gasteiger partial charge in [0.1, 0.15) is 0 Å². The smallest absolute Gasteiger partial charge is 0.0285 e. The normalized spacial score (nSPS) is 12.7. The van der Waals surface area contributed by atoms with Gasteiger partial charge in [0.25, 0.3) is 0 Å². The molecule has 0 fully saturated rings. The maximum atomic E-state index is 2.38. The molecule has 0 heterocycles. The molecule has 0 heteroatoms. The second-order valence-corrected chi connectivity index (χ2v) is 3.51. The van der Waals surface area contributed by atoms with Gasteiger partial charge in [0.15, 0.2) is 0 Å². The quantitative estimate of drug-likeness (QED) is 0.490. The third-order valence-electron chi connectivity index (χ3n) is 2.02. The average Bonchev–Trinajstić information content (AvgIpc) is 2.14. The van der Waals surface area contributed by atoms with Crippen molar-refractivity contribution in [1.29, 1.82) is 0 Å². The molecule has 0 saturated carbocycles. The van der Waals surface area contributed by atoms with Crippen LogP contribution in [0, 0.1) is 0 Å². The van der Waals surface area contributed by atoms with E-state index in [1.807, 2.05) is 0 Å². The van der Waals surface area contributed by atoms with Crippen molar-refractivity contribution in [3.8, 4) is 0 Å². The highest BCUT2D eigenvalue weighted by Crippen LogP contribution is 2.09. The zero-order valence-electron chi connectivity index (χ0n) is 9.47. The SMILES string of the molecule is CCCC=CC(=CCCC)CCC. The third kappa shape index (κ3) is 7.83. The van der Waals surface area contributed by atoms with E-state index in [1.165, 1.54) is 44.1 Å². The Hall–Kier alpha value is -0.520. The van der Waals surface area contributed by atoms with Gasteiger partial charge in [-0.15, -0.1) is 0 Å². The predicted octanol–water partition coefficient (Wildman–Crippen LogP) is 4.87. The summed E-state index contributed by atoms with van der Waals surface area (Å²) < 4.78 is 0. The van der Waals surface area contributed by atoms with Gasteiger partial charge in [-0.25, -0.2) is 0 Å². The number of hydrogen-bond donors (Lipinski definition) is 0. The Labute approximate surface area is 83.7 Å². The summed E-state index contributed by atoms with van der Waals surface area (Å²) in [6.45, 7) is 6.70. The monoisotopic (exact) mass is 180 g/mol. The van der Waals surface area contributed by atoms with E-state index in [9.17, 15) is 0 Å². The molecule has 0 aliphatic heterocycles. The zero-order chi connectivity index (χ0) is 9.94. The second-order valence-electron chi connectivity index (χ2n) is 3.51. The summed E-state index contributed by atoms with van der Waals surface area (Å²) in [6.07, 6.45) is 14.4. The highest BCUT2D eigenvalue weighted by molar-refractivity contribution is 5.18. The fourth-order valence-electron chi connectivity index (χ4n) is 1.27.